The van der Waals surface area contributed by atoms with Gasteiger partial charge < -0.3 is 10.1 Å². The molecule has 0 bridgehead atoms. The molecular weight excluding hydrogens is 280 g/mol. The van der Waals surface area contributed by atoms with Crippen molar-refractivity contribution in [1.29, 1.82) is 0 Å². The van der Waals surface area contributed by atoms with Gasteiger partial charge in [0.1, 0.15) is 24.8 Å². The van der Waals surface area contributed by atoms with Crippen LogP contribution in [-0.4, -0.2) is 31.8 Å². The summed E-state index contributed by atoms with van der Waals surface area (Å²) in [6.45, 7) is 2.07. The summed E-state index contributed by atoms with van der Waals surface area (Å²) in [4.78, 5) is 12.1. The zero-order chi connectivity index (χ0) is 15.4. The smallest absolute Gasteiger partial charge is 0.218 e. The Labute approximate surface area is 128 Å². The summed E-state index contributed by atoms with van der Waals surface area (Å²) in [6.07, 6.45) is 4.66. The van der Waals surface area contributed by atoms with Gasteiger partial charge in [-0.25, -0.2) is 19.6 Å². The normalized spacial score (nSPS) is 11.9. The molecule has 7 nitrogen and oxygen atoms in total. The van der Waals surface area contributed by atoms with Gasteiger partial charge in [-0.3, -0.25) is 0 Å². The van der Waals surface area contributed by atoms with E-state index in [-0.39, 0.29) is 6.04 Å². The lowest BCUT2D eigenvalue weighted by Crippen LogP contribution is -2.08. The molecule has 0 fully saturated rings. The molecule has 0 saturated heterocycles. The van der Waals surface area contributed by atoms with Crippen LogP contribution in [0.5, 0.6) is 5.88 Å². The first-order valence-corrected chi connectivity index (χ1v) is 6.84. The Morgan fingerprint density at radius 2 is 1.95 bits per heavy atom. The second kappa shape index (κ2) is 6.21. The first-order chi connectivity index (χ1) is 10.8. The molecule has 0 spiro atoms. The maximum atomic E-state index is 5.09. The molecule has 2 aromatic heterocycles. The van der Waals surface area contributed by atoms with Crippen LogP contribution < -0.4 is 10.1 Å². The molecular formula is C15H16N6O. The maximum absolute atomic E-state index is 5.09. The van der Waals surface area contributed by atoms with Crippen LogP contribution in [-0.2, 0) is 0 Å². The van der Waals surface area contributed by atoms with Crippen molar-refractivity contribution in [2.45, 2.75) is 13.0 Å². The lowest BCUT2D eigenvalue weighted by molar-refractivity contribution is 0.397. The van der Waals surface area contributed by atoms with Crippen LogP contribution in [0.1, 0.15) is 18.5 Å². The molecule has 0 aliphatic rings. The molecule has 0 radical (unpaired) electrons. The zero-order valence-electron chi connectivity index (χ0n) is 12.3. The first-order valence-electron chi connectivity index (χ1n) is 6.84. The Morgan fingerprint density at radius 1 is 1.14 bits per heavy atom. The molecule has 2 heterocycles. The van der Waals surface area contributed by atoms with E-state index in [2.05, 4.69) is 32.3 Å². The van der Waals surface area contributed by atoms with Crippen molar-refractivity contribution in [1.82, 2.24) is 24.7 Å². The number of nitrogens with zero attached hydrogens (tertiary/aromatic N) is 5. The zero-order valence-corrected chi connectivity index (χ0v) is 12.3. The van der Waals surface area contributed by atoms with E-state index < -0.39 is 0 Å². The summed E-state index contributed by atoms with van der Waals surface area (Å²) in [7, 11) is 1.58. The number of aromatic nitrogens is 5. The van der Waals surface area contributed by atoms with Crippen LogP contribution in [0.4, 0.5) is 5.82 Å². The Morgan fingerprint density at radius 3 is 2.64 bits per heavy atom. The molecule has 1 atom stereocenters. The molecule has 0 amide bonds. The van der Waals surface area contributed by atoms with Crippen LogP contribution in [0.3, 0.4) is 0 Å². The van der Waals surface area contributed by atoms with Gasteiger partial charge in [0, 0.05) is 12.1 Å². The van der Waals surface area contributed by atoms with Crippen molar-refractivity contribution in [2.75, 3.05) is 12.4 Å². The Hall–Kier alpha value is -2.96. The predicted molar refractivity (Wildman–Crippen MR) is 82.0 cm³/mol. The maximum Gasteiger partial charge on any atom is 0.218 e. The number of rotatable bonds is 5. The fourth-order valence-corrected chi connectivity index (χ4v) is 2.09. The van der Waals surface area contributed by atoms with Gasteiger partial charge in [0.2, 0.25) is 5.88 Å². The quantitative estimate of drug-likeness (QED) is 0.778. The Balaban J connectivity index is 1.73. The minimum absolute atomic E-state index is 0.101. The van der Waals surface area contributed by atoms with Crippen LogP contribution in [0, 0.1) is 0 Å². The summed E-state index contributed by atoms with van der Waals surface area (Å²) in [5, 5.41) is 7.43. The van der Waals surface area contributed by atoms with E-state index in [1.54, 1.807) is 24.2 Å². The highest BCUT2D eigenvalue weighted by atomic mass is 16.5. The minimum Gasteiger partial charge on any atom is -0.481 e. The largest absolute Gasteiger partial charge is 0.481 e. The van der Waals surface area contributed by atoms with Crippen LogP contribution in [0.25, 0.3) is 5.69 Å². The molecule has 0 aliphatic heterocycles. The van der Waals surface area contributed by atoms with Crippen molar-refractivity contribution < 1.29 is 4.74 Å². The van der Waals surface area contributed by atoms with Crippen molar-refractivity contribution in [3.8, 4) is 11.6 Å². The van der Waals surface area contributed by atoms with Gasteiger partial charge >= 0.3 is 0 Å². The van der Waals surface area contributed by atoms with Crippen LogP contribution >= 0.6 is 0 Å². The molecule has 22 heavy (non-hydrogen) atoms. The number of hydrogen-bond donors (Lipinski definition) is 1. The summed E-state index contributed by atoms with van der Waals surface area (Å²) in [5.74, 6) is 1.26. The van der Waals surface area contributed by atoms with Crippen molar-refractivity contribution in [3.63, 3.8) is 0 Å². The fourth-order valence-electron chi connectivity index (χ4n) is 2.09. The van der Waals surface area contributed by atoms with E-state index in [4.69, 9.17) is 4.74 Å². The van der Waals surface area contributed by atoms with E-state index in [1.807, 2.05) is 24.3 Å². The second-order valence-electron chi connectivity index (χ2n) is 4.74. The van der Waals surface area contributed by atoms with Gasteiger partial charge in [-0.15, -0.1) is 0 Å². The highest BCUT2D eigenvalue weighted by Gasteiger charge is 2.07. The number of ether oxygens (including phenoxy) is 1. The number of methoxy groups -OCH3 is 1. The summed E-state index contributed by atoms with van der Waals surface area (Å²) in [5.41, 5.74) is 2.11. The third-order valence-electron chi connectivity index (χ3n) is 3.29. The van der Waals surface area contributed by atoms with E-state index in [0.717, 1.165) is 17.1 Å². The monoisotopic (exact) mass is 296 g/mol. The Kier molecular flexibility index (Phi) is 3.95. The minimum atomic E-state index is 0.101. The molecule has 1 N–H and O–H groups in total. The lowest BCUT2D eigenvalue weighted by atomic mass is 10.1. The van der Waals surface area contributed by atoms with E-state index in [0.29, 0.717) is 5.88 Å². The summed E-state index contributed by atoms with van der Waals surface area (Å²) in [6, 6.07) is 9.97. The van der Waals surface area contributed by atoms with E-state index in [1.165, 1.54) is 12.7 Å². The third-order valence-corrected chi connectivity index (χ3v) is 3.29. The average Bonchev–Trinajstić information content (AvgIpc) is 3.09. The lowest BCUT2D eigenvalue weighted by Gasteiger charge is -2.15. The van der Waals surface area contributed by atoms with Crippen molar-refractivity contribution in [2.24, 2.45) is 0 Å². The summed E-state index contributed by atoms with van der Waals surface area (Å²) >= 11 is 0. The number of nitrogens with one attached hydrogen (secondary N) is 1. The topological polar surface area (TPSA) is 77.8 Å². The standard InChI is InChI=1S/C15H16N6O/c1-11(20-14-7-15(22-2)18-9-17-14)12-3-5-13(6-4-12)21-10-16-8-19-21/h3-11H,1-2H3,(H,17,18,20)/t11-/m0/s1. The molecule has 0 unspecified atom stereocenters. The highest BCUT2D eigenvalue weighted by molar-refractivity contribution is 5.42. The summed E-state index contributed by atoms with van der Waals surface area (Å²) < 4.78 is 6.81. The second-order valence-corrected chi connectivity index (χ2v) is 4.74. The highest BCUT2D eigenvalue weighted by Crippen LogP contribution is 2.20. The van der Waals surface area contributed by atoms with E-state index in [9.17, 15) is 0 Å². The molecule has 1 aromatic carbocycles. The number of anilines is 1. The number of hydrogen-bond acceptors (Lipinski definition) is 6. The molecule has 112 valence electrons. The third kappa shape index (κ3) is 3.03. The molecule has 0 saturated carbocycles. The van der Waals surface area contributed by atoms with Gasteiger partial charge in [-0.1, -0.05) is 12.1 Å². The first kappa shape index (κ1) is 14.0. The molecule has 0 aliphatic carbocycles. The van der Waals surface area contributed by atoms with Crippen LogP contribution in [0.15, 0.2) is 49.3 Å². The molecule has 3 rings (SSSR count). The predicted octanol–water partition coefficient (Wildman–Crippen LogP) is 2.24. The van der Waals surface area contributed by atoms with Crippen molar-refractivity contribution in [3.05, 3.63) is 54.9 Å². The van der Waals surface area contributed by atoms with Crippen LogP contribution in [0.2, 0.25) is 0 Å². The van der Waals surface area contributed by atoms with E-state index >= 15 is 0 Å². The van der Waals surface area contributed by atoms with Gasteiger partial charge in [0.25, 0.3) is 0 Å². The number of benzene rings is 1. The molecule has 7 heteroatoms. The fraction of sp³-hybridized carbons (Fsp3) is 0.200. The average molecular weight is 296 g/mol. The van der Waals surface area contributed by atoms with Gasteiger partial charge in [0.05, 0.1) is 12.8 Å². The van der Waals surface area contributed by atoms with Crippen molar-refractivity contribution >= 4 is 5.82 Å². The van der Waals surface area contributed by atoms with Gasteiger partial charge in [-0.05, 0) is 24.6 Å². The van der Waals surface area contributed by atoms with Gasteiger partial charge in [-0.2, -0.15) is 5.10 Å². The molecule has 3 aromatic rings. The Bertz CT molecular complexity index is 726. The van der Waals surface area contributed by atoms with Gasteiger partial charge in [0.15, 0.2) is 0 Å². The SMILES string of the molecule is COc1cc(N[C@@H](C)c2ccc(-n3cncn3)cc2)ncn1.